The van der Waals surface area contributed by atoms with Gasteiger partial charge in [0.1, 0.15) is 17.2 Å². The minimum atomic E-state index is -0.425. The summed E-state index contributed by atoms with van der Waals surface area (Å²) in [6, 6.07) is 15.0. The van der Waals surface area contributed by atoms with Gasteiger partial charge in [0.25, 0.3) is 5.91 Å². The van der Waals surface area contributed by atoms with Crippen LogP contribution in [0.15, 0.2) is 52.9 Å². The van der Waals surface area contributed by atoms with E-state index in [-0.39, 0.29) is 18.1 Å². The number of carbonyl (C=O) groups is 1. The van der Waals surface area contributed by atoms with Gasteiger partial charge < -0.3 is 20.2 Å². The third kappa shape index (κ3) is 4.18. The summed E-state index contributed by atoms with van der Waals surface area (Å²) in [5, 5.41) is 10.8. The highest BCUT2D eigenvalue weighted by molar-refractivity contribution is 6.06. The first-order valence-corrected chi connectivity index (χ1v) is 10.2. The highest BCUT2D eigenvalue weighted by Gasteiger charge is 2.21. The zero-order chi connectivity index (χ0) is 22.7. The molecule has 0 saturated carbocycles. The first-order valence-electron chi connectivity index (χ1n) is 10.2. The number of anilines is 2. The predicted molar refractivity (Wildman–Crippen MR) is 121 cm³/mol. The Hall–Kier alpha value is -4.14. The number of aromatic nitrogens is 4. The van der Waals surface area contributed by atoms with E-state index in [0.717, 1.165) is 11.1 Å². The van der Waals surface area contributed by atoms with Gasteiger partial charge >= 0.3 is 0 Å². The minimum Gasteiger partial charge on any atom is -0.493 e. The standard InChI is InChI=1S/C23H24N6O3/c1-4-31-19-12-8-6-10-16(19)23-26-18(15(3)32-23)13-29-21(24)20(27-28-29)22(30)25-17-11-7-5-9-14(17)2/h5-12H,4,13,24H2,1-3H3,(H,25,30). The molecule has 3 N–H and O–H groups in total. The summed E-state index contributed by atoms with van der Waals surface area (Å²) in [6.45, 7) is 6.39. The molecule has 0 radical (unpaired) electrons. The van der Waals surface area contributed by atoms with Gasteiger partial charge in [-0.3, -0.25) is 4.79 Å². The molecule has 164 valence electrons. The van der Waals surface area contributed by atoms with E-state index in [1.54, 1.807) is 0 Å². The molecule has 32 heavy (non-hydrogen) atoms. The van der Waals surface area contributed by atoms with Gasteiger partial charge in [0.15, 0.2) is 11.5 Å². The molecule has 2 heterocycles. The molecule has 0 atom stereocenters. The van der Waals surface area contributed by atoms with E-state index in [1.165, 1.54) is 4.68 Å². The Labute approximate surface area is 185 Å². The number of nitrogens with zero attached hydrogens (tertiary/aromatic N) is 4. The lowest BCUT2D eigenvalue weighted by molar-refractivity contribution is 0.102. The Kier molecular flexibility index (Phi) is 5.89. The summed E-state index contributed by atoms with van der Waals surface area (Å²) in [6.07, 6.45) is 0. The Morgan fingerprint density at radius 3 is 2.69 bits per heavy atom. The fourth-order valence-corrected chi connectivity index (χ4v) is 3.25. The molecule has 4 rings (SSSR count). The van der Waals surface area contributed by atoms with E-state index in [0.29, 0.717) is 35.4 Å². The highest BCUT2D eigenvalue weighted by atomic mass is 16.5. The van der Waals surface area contributed by atoms with Crippen LogP contribution >= 0.6 is 0 Å². The van der Waals surface area contributed by atoms with Crippen molar-refractivity contribution in [3.63, 3.8) is 0 Å². The van der Waals surface area contributed by atoms with E-state index in [9.17, 15) is 4.79 Å². The summed E-state index contributed by atoms with van der Waals surface area (Å²) in [5.74, 6) is 1.48. The van der Waals surface area contributed by atoms with Crippen LogP contribution < -0.4 is 15.8 Å². The third-order valence-corrected chi connectivity index (χ3v) is 4.99. The summed E-state index contributed by atoms with van der Waals surface area (Å²) in [7, 11) is 0. The summed E-state index contributed by atoms with van der Waals surface area (Å²) in [4.78, 5) is 17.3. The second-order valence-corrected chi connectivity index (χ2v) is 7.20. The molecule has 1 amide bonds. The van der Waals surface area contributed by atoms with E-state index < -0.39 is 5.91 Å². The van der Waals surface area contributed by atoms with E-state index in [4.69, 9.17) is 14.9 Å². The number of amides is 1. The first kappa shape index (κ1) is 21.1. The Balaban J connectivity index is 1.56. The van der Waals surface area contributed by atoms with Crippen LogP contribution in [-0.4, -0.2) is 32.5 Å². The van der Waals surface area contributed by atoms with Gasteiger partial charge in [-0.15, -0.1) is 5.10 Å². The van der Waals surface area contributed by atoms with Gasteiger partial charge in [-0.2, -0.15) is 0 Å². The first-order chi connectivity index (χ1) is 15.5. The van der Waals surface area contributed by atoms with Crippen LogP contribution in [0.5, 0.6) is 5.75 Å². The van der Waals surface area contributed by atoms with Crippen molar-refractivity contribution in [2.24, 2.45) is 0 Å². The maximum Gasteiger partial charge on any atom is 0.280 e. The number of para-hydroxylation sites is 2. The summed E-state index contributed by atoms with van der Waals surface area (Å²) < 4.78 is 13.0. The van der Waals surface area contributed by atoms with Gasteiger partial charge in [-0.25, -0.2) is 9.67 Å². The highest BCUT2D eigenvalue weighted by Crippen LogP contribution is 2.31. The largest absolute Gasteiger partial charge is 0.493 e. The average molecular weight is 432 g/mol. The third-order valence-electron chi connectivity index (χ3n) is 4.99. The van der Waals surface area contributed by atoms with Crippen molar-refractivity contribution in [2.45, 2.75) is 27.3 Å². The fourth-order valence-electron chi connectivity index (χ4n) is 3.25. The molecule has 0 bridgehead atoms. The molecule has 0 unspecified atom stereocenters. The quantitative estimate of drug-likeness (QED) is 0.455. The Morgan fingerprint density at radius 1 is 1.16 bits per heavy atom. The lowest BCUT2D eigenvalue weighted by Crippen LogP contribution is -2.16. The second kappa shape index (κ2) is 8.93. The smallest absolute Gasteiger partial charge is 0.280 e. The van der Waals surface area contributed by atoms with Gasteiger partial charge in [0.05, 0.1) is 18.7 Å². The van der Waals surface area contributed by atoms with Crippen LogP contribution in [0.1, 0.15) is 34.4 Å². The fraction of sp³-hybridized carbons (Fsp3) is 0.217. The topological polar surface area (TPSA) is 121 Å². The van der Waals surface area contributed by atoms with Crippen molar-refractivity contribution in [2.75, 3.05) is 17.7 Å². The number of benzene rings is 2. The molecule has 0 spiro atoms. The van der Waals surface area contributed by atoms with Gasteiger partial charge in [0, 0.05) is 5.69 Å². The van der Waals surface area contributed by atoms with Crippen LogP contribution in [0.25, 0.3) is 11.5 Å². The molecule has 0 aliphatic rings. The number of ether oxygens (including phenoxy) is 1. The van der Waals surface area contributed by atoms with Crippen LogP contribution in [0, 0.1) is 13.8 Å². The number of aryl methyl sites for hydroxylation is 2. The van der Waals surface area contributed by atoms with Crippen molar-refractivity contribution >= 4 is 17.4 Å². The molecule has 0 aliphatic carbocycles. The van der Waals surface area contributed by atoms with Crippen molar-refractivity contribution in [1.29, 1.82) is 0 Å². The molecular weight excluding hydrogens is 408 g/mol. The Bertz CT molecular complexity index is 1260. The van der Waals surface area contributed by atoms with Crippen LogP contribution in [-0.2, 0) is 6.54 Å². The number of hydrogen-bond donors (Lipinski definition) is 2. The van der Waals surface area contributed by atoms with Gasteiger partial charge in [-0.1, -0.05) is 35.5 Å². The maximum absolute atomic E-state index is 12.7. The molecule has 9 nitrogen and oxygen atoms in total. The van der Waals surface area contributed by atoms with E-state index in [2.05, 4.69) is 20.6 Å². The summed E-state index contributed by atoms with van der Waals surface area (Å²) in [5.41, 5.74) is 9.24. The van der Waals surface area contributed by atoms with E-state index >= 15 is 0 Å². The number of nitrogens with one attached hydrogen (secondary N) is 1. The Morgan fingerprint density at radius 2 is 1.91 bits per heavy atom. The number of rotatable bonds is 7. The SMILES string of the molecule is CCOc1ccccc1-c1nc(Cn2nnc(C(=O)Nc3ccccc3C)c2N)c(C)o1. The number of hydrogen-bond acceptors (Lipinski definition) is 7. The summed E-state index contributed by atoms with van der Waals surface area (Å²) >= 11 is 0. The number of nitrogens with two attached hydrogens (primary N) is 1. The number of nitrogen functional groups attached to an aromatic ring is 1. The van der Waals surface area contributed by atoms with Gasteiger partial charge in [-0.05, 0) is 44.5 Å². The number of oxazole rings is 1. The van der Waals surface area contributed by atoms with Crippen molar-refractivity contribution in [1.82, 2.24) is 20.0 Å². The molecule has 2 aromatic heterocycles. The van der Waals surface area contributed by atoms with Crippen molar-refractivity contribution in [3.05, 3.63) is 71.2 Å². The second-order valence-electron chi connectivity index (χ2n) is 7.20. The minimum absolute atomic E-state index is 0.0521. The molecule has 2 aromatic carbocycles. The maximum atomic E-state index is 12.7. The zero-order valence-electron chi connectivity index (χ0n) is 18.1. The van der Waals surface area contributed by atoms with Crippen LogP contribution in [0.2, 0.25) is 0 Å². The number of carbonyl (C=O) groups excluding carboxylic acids is 1. The molecule has 0 aliphatic heterocycles. The van der Waals surface area contributed by atoms with Gasteiger partial charge in [0.2, 0.25) is 5.89 Å². The van der Waals surface area contributed by atoms with Crippen molar-refractivity contribution in [3.8, 4) is 17.2 Å². The lowest BCUT2D eigenvalue weighted by Gasteiger charge is -2.07. The average Bonchev–Trinajstić information content (AvgIpc) is 3.33. The predicted octanol–water partition coefficient (Wildman–Crippen LogP) is 3.83. The molecule has 4 aromatic rings. The molecule has 0 fully saturated rings. The van der Waals surface area contributed by atoms with Crippen LogP contribution in [0.3, 0.4) is 0 Å². The molecule has 0 saturated heterocycles. The molecular formula is C23H24N6O3. The van der Waals surface area contributed by atoms with Crippen LogP contribution in [0.4, 0.5) is 11.5 Å². The monoisotopic (exact) mass is 432 g/mol. The zero-order valence-corrected chi connectivity index (χ0v) is 18.1. The normalized spacial score (nSPS) is 10.8. The lowest BCUT2D eigenvalue weighted by atomic mass is 10.2. The van der Waals surface area contributed by atoms with Crippen molar-refractivity contribution < 1.29 is 13.9 Å². The molecule has 9 heteroatoms. The van der Waals surface area contributed by atoms with E-state index in [1.807, 2.05) is 69.3 Å².